The van der Waals surface area contributed by atoms with Gasteiger partial charge < -0.3 is 9.84 Å². The van der Waals surface area contributed by atoms with Gasteiger partial charge in [-0.1, -0.05) is 35.3 Å². The molecule has 0 aliphatic heterocycles. The Morgan fingerprint density at radius 3 is 2.52 bits per heavy atom. The molecule has 2 aromatic carbocycles. The summed E-state index contributed by atoms with van der Waals surface area (Å²) >= 11 is 16.7. The van der Waals surface area contributed by atoms with Crippen LogP contribution in [0.4, 0.5) is 0 Å². The fourth-order valence-corrected chi connectivity index (χ4v) is 2.51. The van der Waals surface area contributed by atoms with Crippen molar-refractivity contribution in [3.8, 4) is 11.5 Å². The number of carbonyl (C=O) groups is 2. The lowest BCUT2D eigenvalue weighted by atomic mass is 10.2. The van der Waals surface area contributed by atoms with Crippen LogP contribution in [0.5, 0.6) is 11.5 Å². The number of phenolic OH excluding ortho intramolecular Hbond substituents is 1. The molecule has 0 heterocycles. The quantitative estimate of drug-likeness (QED) is 0.442. The average Bonchev–Trinajstić information content (AvgIpc) is 2.62. The molecular weight excluding hydrogens is 413 g/mol. The van der Waals surface area contributed by atoms with Crippen molar-refractivity contribution in [2.75, 3.05) is 0 Å². The van der Waals surface area contributed by atoms with Gasteiger partial charge in [0.25, 0.3) is 11.8 Å². The summed E-state index contributed by atoms with van der Waals surface area (Å²) in [5.74, 6) is -1.08. The maximum Gasteiger partial charge on any atom is 0.273 e. The van der Waals surface area contributed by atoms with Crippen molar-refractivity contribution in [1.82, 2.24) is 16.2 Å². The van der Waals surface area contributed by atoms with Crippen molar-refractivity contribution in [1.29, 1.82) is 0 Å². The van der Waals surface area contributed by atoms with Crippen LogP contribution < -0.4 is 20.9 Å². The van der Waals surface area contributed by atoms with Crippen LogP contribution in [0.2, 0.25) is 10.0 Å². The molecule has 0 spiro atoms. The summed E-state index contributed by atoms with van der Waals surface area (Å²) in [5, 5.41) is 12.5. The van der Waals surface area contributed by atoms with E-state index < -0.39 is 17.9 Å². The highest BCUT2D eigenvalue weighted by atomic mass is 35.5. The summed E-state index contributed by atoms with van der Waals surface area (Å²) in [6, 6.07) is 10.6. The summed E-state index contributed by atoms with van der Waals surface area (Å²) in [6.07, 6.45) is -0.919. The van der Waals surface area contributed by atoms with Crippen LogP contribution in [0.25, 0.3) is 0 Å². The Morgan fingerprint density at radius 2 is 1.85 bits per heavy atom. The van der Waals surface area contributed by atoms with Gasteiger partial charge in [-0.15, -0.1) is 0 Å². The van der Waals surface area contributed by atoms with Gasteiger partial charge >= 0.3 is 0 Å². The standard InChI is InChI=1S/C17H15Cl2N3O4S/c1-9(26-14-7-6-10(18)8-12(14)19)15(24)20-17(27)22-21-16(25)11-4-2-3-5-13(11)23/h2-9,23H,1H3,(H,21,25)(H2,20,22,24,27)/t9-/m1/s1. The topological polar surface area (TPSA) is 99.7 Å². The van der Waals surface area contributed by atoms with Crippen LogP contribution >= 0.6 is 35.4 Å². The minimum absolute atomic E-state index is 0.0493. The summed E-state index contributed by atoms with van der Waals surface area (Å²) in [4.78, 5) is 24.1. The van der Waals surface area contributed by atoms with E-state index in [9.17, 15) is 14.7 Å². The van der Waals surface area contributed by atoms with Gasteiger partial charge in [-0.3, -0.25) is 25.8 Å². The molecule has 0 saturated carbocycles. The first-order valence-corrected chi connectivity index (χ1v) is 8.75. The van der Waals surface area contributed by atoms with E-state index in [0.717, 1.165) is 0 Å². The first-order chi connectivity index (χ1) is 12.8. The minimum atomic E-state index is -0.919. The molecule has 0 fully saturated rings. The number of nitrogens with one attached hydrogen (secondary N) is 3. The number of hydrazine groups is 1. The zero-order valence-electron chi connectivity index (χ0n) is 14.0. The number of phenols is 1. The Labute approximate surface area is 170 Å². The number of hydrogen-bond donors (Lipinski definition) is 4. The Hall–Kier alpha value is -2.55. The van der Waals surface area contributed by atoms with E-state index in [1.807, 2.05) is 0 Å². The summed E-state index contributed by atoms with van der Waals surface area (Å²) in [7, 11) is 0. The molecule has 2 aromatic rings. The predicted molar refractivity (Wildman–Crippen MR) is 106 cm³/mol. The van der Waals surface area contributed by atoms with E-state index in [-0.39, 0.29) is 27.2 Å². The maximum absolute atomic E-state index is 12.1. The molecule has 0 radical (unpaired) electrons. The second-order valence-corrected chi connectivity index (χ2v) is 6.50. The molecule has 1 atom stereocenters. The summed E-state index contributed by atoms with van der Waals surface area (Å²) < 4.78 is 5.46. The van der Waals surface area contributed by atoms with Crippen LogP contribution in [0, 0.1) is 0 Å². The van der Waals surface area contributed by atoms with Gasteiger partial charge in [0.1, 0.15) is 11.5 Å². The van der Waals surface area contributed by atoms with Gasteiger partial charge in [0.2, 0.25) is 0 Å². The van der Waals surface area contributed by atoms with Crippen molar-refractivity contribution < 1.29 is 19.4 Å². The van der Waals surface area contributed by atoms with E-state index in [0.29, 0.717) is 5.02 Å². The lowest BCUT2D eigenvalue weighted by molar-refractivity contribution is -0.125. The van der Waals surface area contributed by atoms with Crippen LogP contribution in [-0.2, 0) is 4.79 Å². The normalized spacial score (nSPS) is 11.2. The number of halogens is 2. The first kappa shape index (κ1) is 20.8. The average molecular weight is 428 g/mol. The highest BCUT2D eigenvalue weighted by Gasteiger charge is 2.18. The maximum atomic E-state index is 12.1. The van der Waals surface area contributed by atoms with Crippen LogP contribution in [0.1, 0.15) is 17.3 Å². The third kappa shape index (κ3) is 5.99. The SMILES string of the molecule is C[C@@H](Oc1ccc(Cl)cc1Cl)C(=O)NC(=S)NNC(=O)c1ccccc1O. The lowest BCUT2D eigenvalue weighted by Gasteiger charge is -2.17. The highest BCUT2D eigenvalue weighted by Crippen LogP contribution is 2.28. The Morgan fingerprint density at radius 1 is 1.15 bits per heavy atom. The zero-order chi connectivity index (χ0) is 20.0. The monoisotopic (exact) mass is 427 g/mol. The fourth-order valence-electron chi connectivity index (χ4n) is 1.91. The summed E-state index contributed by atoms with van der Waals surface area (Å²) in [6.45, 7) is 1.50. The number of rotatable bonds is 4. The Kier molecular flexibility index (Phi) is 7.23. The van der Waals surface area contributed by atoms with Gasteiger partial charge in [0.15, 0.2) is 11.2 Å². The molecule has 4 N–H and O–H groups in total. The van der Waals surface area contributed by atoms with Crippen molar-refractivity contribution in [2.45, 2.75) is 13.0 Å². The molecule has 2 amide bonds. The van der Waals surface area contributed by atoms with E-state index in [4.69, 9.17) is 40.2 Å². The molecule has 7 nitrogen and oxygen atoms in total. The fraction of sp³-hybridized carbons (Fsp3) is 0.118. The van der Waals surface area contributed by atoms with Crippen LogP contribution in [-0.4, -0.2) is 28.1 Å². The molecule has 27 heavy (non-hydrogen) atoms. The molecule has 2 rings (SSSR count). The number of benzene rings is 2. The number of para-hydroxylation sites is 1. The second kappa shape index (κ2) is 9.40. The van der Waals surface area contributed by atoms with E-state index in [1.54, 1.807) is 18.2 Å². The van der Waals surface area contributed by atoms with Crippen molar-refractivity contribution in [3.63, 3.8) is 0 Å². The number of carbonyl (C=O) groups excluding carboxylic acids is 2. The molecular formula is C17H15Cl2N3O4S. The minimum Gasteiger partial charge on any atom is -0.507 e. The Balaban J connectivity index is 1.85. The molecule has 0 aliphatic carbocycles. The molecule has 10 heteroatoms. The molecule has 0 bridgehead atoms. The molecule has 0 unspecified atom stereocenters. The lowest BCUT2D eigenvalue weighted by Crippen LogP contribution is -2.51. The predicted octanol–water partition coefficient (Wildman–Crippen LogP) is 2.80. The second-order valence-electron chi connectivity index (χ2n) is 5.25. The van der Waals surface area contributed by atoms with E-state index in [1.165, 1.54) is 31.2 Å². The van der Waals surface area contributed by atoms with Crippen molar-refractivity contribution >= 4 is 52.3 Å². The van der Waals surface area contributed by atoms with E-state index in [2.05, 4.69) is 16.2 Å². The largest absolute Gasteiger partial charge is 0.507 e. The molecule has 0 aromatic heterocycles. The smallest absolute Gasteiger partial charge is 0.273 e. The van der Waals surface area contributed by atoms with Gasteiger partial charge in [-0.25, -0.2) is 0 Å². The number of amides is 2. The van der Waals surface area contributed by atoms with Gasteiger partial charge in [0.05, 0.1) is 10.6 Å². The van der Waals surface area contributed by atoms with E-state index >= 15 is 0 Å². The molecule has 0 aliphatic rings. The molecule has 142 valence electrons. The Bertz CT molecular complexity index is 879. The van der Waals surface area contributed by atoms with Crippen molar-refractivity contribution in [3.05, 3.63) is 58.1 Å². The highest BCUT2D eigenvalue weighted by molar-refractivity contribution is 7.80. The van der Waals surface area contributed by atoms with Gasteiger partial charge in [-0.05, 0) is 49.5 Å². The van der Waals surface area contributed by atoms with Gasteiger partial charge in [0, 0.05) is 5.02 Å². The van der Waals surface area contributed by atoms with Crippen LogP contribution in [0.15, 0.2) is 42.5 Å². The van der Waals surface area contributed by atoms with Gasteiger partial charge in [-0.2, -0.15) is 0 Å². The van der Waals surface area contributed by atoms with Crippen LogP contribution in [0.3, 0.4) is 0 Å². The van der Waals surface area contributed by atoms with Crippen molar-refractivity contribution in [2.24, 2.45) is 0 Å². The first-order valence-electron chi connectivity index (χ1n) is 7.59. The number of hydrogen-bond acceptors (Lipinski definition) is 5. The molecule has 0 saturated heterocycles. The third-order valence-corrected chi connectivity index (χ3v) is 3.98. The zero-order valence-corrected chi connectivity index (χ0v) is 16.3. The number of thiocarbonyl (C=S) groups is 1. The summed E-state index contributed by atoms with van der Waals surface area (Å²) in [5.41, 5.74) is 4.68. The number of aromatic hydroxyl groups is 1. The number of ether oxygens (including phenoxy) is 1. The third-order valence-electron chi connectivity index (χ3n) is 3.24.